The molecule has 11 heteroatoms. The van der Waals surface area contributed by atoms with Crippen LogP contribution >= 0.6 is 11.3 Å². The number of rotatable bonds is 11. The second kappa shape index (κ2) is 11.2. The highest BCUT2D eigenvalue weighted by molar-refractivity contribution is 7.89. The molecule has 2 heterocycles. The van der Waals surface area contributed by atoms with Crippen LogP contribution < -0.4 is 9.64 Å². The monoisotopic (exact) mass is 527 g/mol. The van der Waals surface area contributed by atoms with Crippen LogP contribution in [0, 0.1) is 0 Å². The van der Waals surface area contributed by atoms with Crippen LogP contribution in [0.25, 0.3) is 10.2 Å². The molecule has 0 spiro atoms. The fourth-order valence-electron chi connectivity index (χ4n) is 3.86. The normalized spacial score (nSPS) is 11.8. The van der Waals surface area contributed by atoms with Crippen molar-refractivity contribution in [2.45, 2.75) is 32.2 Å². The van der Waals surface area contributed by atoms with Crippen molar-refractivity contribution >= 4 is 42.6 Å². The Hall–Kier alpha value is -3.28. The van der Waals surface area contributed by atoms with Crippen LogP contribution in [0.4, 0.5) is 5.13 Å². The maximum Gasteiger partial charge on any atom is 0.260 e. The summed E-state index contributed by atoms with van der Waals surface area (Å²) in [5, 5.41) is 4.77. The molecule has 2 aromatic heterocycles. The van der Waals surface area contributed by atoms with Gasteiger partial charge in [-0.3, -0.25) is 14.4 Å². The summed E-state index contributed by atoms with van der Waals surface area (Å²) in [7, 11) is -3.61. The van der Waals surface area contributed by atoms with Crippen LogP contribution in [0.2, 0.25) is 0 Å². The number of benzene rings is 2. The molecule has 0 aliphatic rings. The minimum atomic E-state index is -3.61. The summed E-state index contributed by atoms with van der Waals surface area (Å²) >= 11 is 1.40. The lowest BCUT2D eigenvalue weighted by atomic mass is 10.2. The summed E-state index contributed by atoms with van der Waals surface area (Å²) in [4.78, 5) is 20.2. The lowest BCUT2D eigenvalue weighted by Gasteiger charge is -2.21. The molecule has 0 unspecified atom stereocenters. The van der Waals surface area contributed by atoms with E-state index in [1.54, 1.807) is 41.8 Å². The average molecular weight is 528 g/mol. The van der Waals surface area contributed by atoms with Gasteiger partial charge in [-0.2, -0.15) is 9.40 Å². The van der Waals surface area contributed by atoms with Crippen molar-refractivity contribution in [3.05, 3.63) is 66.5 Å². The van der Waals surface area contributed by atoms with Gasteiger partial charge in [-0.25, -0.2) is 13.4 Å². The number of thiazole rings is 1. The molecule has 4 rings (SSSR count). The Bertz CT molecular complexity index is 1410. The standard InChI is InChI=1S/C25H29N5O4S2/c1-4-29(5-2)36(32,33)20-13-11-19(12-14-20)24(31)30(18-17-28-16-8-15-26-28)25-27-23-21(34-6-3)9-7-10-22(23)35-25/h7-16H,4-6,17-18H2,1-3H3. The predicted molar refractivity (Wildman–Crippen MR) is 141 cm³/mol. The summed E-state index contributed by atoms with van der Waals surface area (Å²) in [5.74, 6) is 0.397. The van der Waals surface area contributed by atoms with E-state index in [4.69, 9.17) is 9.72 Å². The van der Waals surface area contributed by atoms with E-state index in [-0.39, 0.29) is 10.8 Å². The lowest BCUT2D eigenvalue weighted by molar-refractivity contribution is 0.0985. The second-order valence-electron chi connectivity index (χ2n) is 7.87. The largest absolute Gasteiger partial charge is 0.492 e. The fraction of sp³-hybridized carbons (Fsp3) is 0.320. The minimum Gasteiger partial charge on any atom is -0.492 e. The predicted octanol–water partition coefficient (Wildman–Crippen LogP) is 4.27. The van der Waals surface area contributed by atoms with E-state index in [0.29, 0.717) is 54.7 Å². The maximum atomic E-state index is 13.7. The van der Waals surface area contributed by atoms with Crippen molar-refractivity contribution in [1.29, 1.82) is 0 Å². The van der Waals surface area contributed by atoms with Gasteiger partial charge in [-0.1, -0.05) is 31.3 Å². The molecule has 0 radical (unpaired) electrons. The van der Waals surface area contributed by atoms with Crippen molar-refractivity contribution < 1.29 is 17.9 Å². The zero-order valence-corrected chi connectivity index (χ0v) is 22.1. The number of ether oxygens (including phenoxy) is 1. The number of hydrogen-bond acceptors (Lipinski definition) is 7. The van der Waals surface area contributed by atoms with Crippen molar-refractivity contribution in [2.75, 3.05) is 31.1 Å². The molecule has 36 heavy (non-hydrogen) atoms. The molecule has 4 aromatic rings. The molecule has 0 saturated carbocycles. The van der Waals surface area contributed by atoms with Crippen molar-refractivity contribution in [2.24, 2.45) is 0 Å². The Balaban J connectivity index is 1.68. The Morgan fingerprint density at radius 1 is 1.06 bits per heavy atom. The lowest BCUT2D eigenvalue weighted by Crippen LogP contribution is -2.34. The second-order valence-corrected chi connectivity index (χ2v) is 10.8. The molecule has 0 aliphatic heterocycles. The molecule has 0 N–H and O–H groups in total. The first kappa shape index (κ1) is 25.8. The fourth-order valence-corrected chi connectivity index (χ4v) is 6.32. The molecule has 1 amide bonds. The highest BCUT2D eigenvalue weighted by Crippen LogP contribution is 2.35. The van der Waals surface area contributed by atoms with Gasteiger partial charge in [0.05, 0.1) is 22.7 Å². The molecule has 0 bridgehead atoms. The van der Waals surface area contributed by atoms with Crippen LogP contribution in [0.15, 0.2) is 65.8 Å². The minimum absolute atomic E-state index is 0.159. The van der Waals surface area contributed by atoms with Gasteiger partial charge in [0.2, 0.25) is 10.0 Å². The number of hydrogen-bond donors (Lipinski definition) is 0. The first-order valence-corrected chi connectivity index (χ1v) is 14.1. The molecule has 190 valence electrons. The number of amides is 1. The molecular formula is C25H29N5O4S2. The Labute approximate surface area is 215 Å². The van der Waals surface area contributed by atoms with E-state index in [1.807, 2.05) is 37.4 Å². The van der Waals surface area contributed by atoms with Crippen molar-refractivity contribution in [3.63, 3.8) is 0 Å². The summed E-state index contributed by atoms with van der Waals surface area (Å²) in [6.45, 7) is 7.58. The number of sulfonamides is 1. The van der Waals surface area contributed by atoms with E-state index < -0.39 is 10.0 Å². The highest BCUT2D eigenvalue weighted by atomic mass is 32.2. The van der Waals surface area contributed by atoms with Gasteiger partial charge in [0.1, 0.15) is 11.3 Å². The first-order chi connectivity index (χ1) is 17.4. The van der Waals surface area contributed by atoms with E-state index in [0.717, 1.165) is 4.70 Å². The Morgan fingerprint density at radius 2 is 1.81 bits per heavy atom. The third-order valence-corrected chi connectivity index (χ3v) is 8.81. The van der Waals surface area contributed by atoms with Crippen molar-refractivity contribution in [3.8, 4) is 5.75 Å². The van der Waals surface area contributed by atoms with Gasteiger partial charge in [0.15, 0.2) is 5.13 Å². The molecule has 0 aliphatic carbocycles. The van der Waals surface area contributed by atoms with E-state index >= 15 is 0 Å². The number of aromatic nitrogens is 3. The zero-order valence-electron chi connectivity index (χ0n) is 20.5. The van der Waals surface area contributed by atoms with E-state index in [1.165, 1.54) is 27.8 Å². The summed E-state index contributed by atoms with van der Waals surface area (Å²) < 4.78 is 35.5. The Kier molecular flexibility index (Phi) is 8.02. The van der Waals surface area contributed by atoms with Crippen molar-refractivity contribution in [1.82, 2.24) is 19.1 Å². The van der Waals surface area contributed by atoms with Crippen LogP contribution in [0.3, 0.4) is 0 Å². The van der Waals surface area contributed by atoms with Gasteiger partial charge in [0.25, 0.3) is 5.91 Å². The third kappa shape index (κ3) is 5.28. The molecular weight excluding hydrogens is 498 g/mol. The molecule has 0 saturated heterocycles. The number of fused-ring (bicyclic) bond motifs is 1. The van der Waals surface area contributed by atoms with Gasteiger partial charge in [-0.15, -0.1) is 0 Å². The zero-order chi connectivity index (χ0) is 25.7. The highest BCUT2D eigenvalue weighted by Gasteiger charge is 2.25. The Morgan fingerprint density at radius 3 is 2.44 bits per heavy atom. The number of anilines is 1. The van der Waals surface area contributed by atoms with Crippen LogP contribution in [0.5, 0.6) is 5.75 Å². The summed E-state index contributed by atoms with van der Waals surface area (Å²) in [6.07, 6.45) is 3.52. The van der Waals surface area contributed by atoms with E-state index in [2.05, 4.69) is 5.10 Å². The molecule has 0 atom stereocenters. The first-order valence-electron chi connectivity index (χ1n) is 11.8. The number of carbonyl (C=O) groups is 1. The van der Waals surface area contributed by atoms with E-state index in [9.17, 15) is 13.2 Å². The summed E-state index contributed by atoms with van der Waals surface area (Å²) in [6, 6.07) is 13.6. The third-order valence-electron chi connectivity index (χ3n) is 5.70. The van der Waals surface area contributed by atoms with Gasteiger partial charge in [0, 0.05) is 37.6 Å². The molecule has 2 aromatic carbocycles. The van der Waals surface area contributed by atoms with Gasteiger partial charge >= 0.3 is 0 Å². The molecule has 0 fully saturated rings. The topological polar surface area (TPSA) is 97.6 Å². The SMILES string of the molecule is CCOc1cccc2sc(N(CCn3cccn3)C(=O)c3ccc(S(=O)(=O)N(CC)CC)cc3)nc12. The smallest absolute Gasteiger partial charge is 0.260 e. The number of carbonyl (C=O) groups excluding carboxylic acids is 1. The molecule has 9 nitrogen and oxygen atoms in total. The maximum absolute atomic E-state index is 13.7. The van der Waals surface area contributed by atoms with Crippen LogP contribution in [0.1, 0.15) is 31.1 Å². The van der Waals surface area contributed by atoms with Crippen LogP contribution in [-0.4, -0.2) is 59.6 Å². The summed E-state index contributed by atoms with van der Waals surface area (Å²) in [5.41, 5.74) is 1.08. The van der Waals surface area contributed by atoms with Gasteiger partial charge < -0.3 is 4.74 Å². The quantitative estimate of drug-likeness (QED) is 0.289. The van der Waals surface area contributed by atoms with Gasteiger partial charge in [-0.05, 0) is 49.4 Å². The van der Waals surface area contributed by atoms with Crippen LogP contribution in [-0.2, 0) is 16.6 Å². The number of nitrogens with zero attached hydrogens (tertiary/aromatic N) is 5. The average Bonchev–Trinajstić information content (AvgIpc) is 3.55. The number of para-hydroxylation sites is 1.